The lowest BCUT2D eigenvalue weighted by molar-refractivity contribution is -0.365. The molecule has 2 aliphatic heterocycles. The van der Waals surface area contributed by atoms with Crippen molar-refractivity contribution in [3.05, 3.63) is 35.9 Å². The lowest BCUT2D eigenvalue weighted by Gasteiger charge is -2.77. The summed E-state index contributed by atoms with van der Waals surface area (Å²) in [7, 11) is 1.55. The highest BCUT2D eigenvalue weighted by Gasteiger charge is 2.87. The Kier molecular flexibility index (Phi) is 4.21. The van der Waals surface area contributed by atoms with Gasteiger partial charge in [-0.25, -0.2) is 0 Å². The number of hydrogen-bond donors (Lipinski definition) is 2. The number of nitrogens with zero attached hydrogens (tertiary/aromatic N) is 1. The summed E-state index contributed by atoms with van der Waals surface area (Å²) in [5, 5.41) is 23.3. The van der Waals surface area contributed by atoms with Crippen LogP contribution in [0.2, 0.25) is 0 Å². The van der Waals surface area contributed by atoms with Gasteiger partial charge in [0, 0.05) is 29.5 Å². The summed E-state index contributed by atoms with van der Waals surface area (Å²) in [5.41, 5.74) is -5.38. The monoisotopic (exact) mass is 479 g/mol. The Morgan fingerprint density at radius 1 is 1.29 bits per heavy atom. The van der Waals surface area contributed by atoms with Crippen molar-refractivity contribution in [2.24, 2.45) is 11.3 Å². The third kappa shape index (κ3) is 2.09. The molecule has 0 amide bonds. The molecular formula is C26H32F3NO4. The fraction of sp³-hybridized carbons (Fsp3) is 0.692. The number of ether oxygens (including phenoxy) is 2. The molecule has 4 aliphatic carbocycles. The van der Waals surface area contributed by atoms with E-state index in [1.165, 1.54) is 0 Å². The van der Waals surface area contributed by atoms with Gasteiger partial charge in [0.1, 0.15) is 11.2 Å². The van der Waals surface area contributed by atoms with Crippen LogP contribution in [0.15, 0.2) is 24.8 Å². The number of likely N-dealkylation sites (tertiary alicyclic amines) is 1. The summed E-state index contributed by atoms with van der Waals surface area (Å²) in [6.07, 6.45) is -0.884. The Morgan fingerprint density at radius 3 is 2.68 bits per heavy atom. The minimum absolute atomic E-state index is 0.0367. The van der Waals surface area contributed by atoms with E-state index in [0.717, 1.165) is 24.6 Å². The van der Waals surface area contributed by atoms with Gasteiger partial charge in [0.15, 0.2) is 17.1 Å². The van der Waals surface area contributed by atoms with Gasteiger partial charge in [-0.15, -0.1) is 6.58 Å². The van der Waals surface area contributed by atoms with E-state index < -0.39 is 39.7 Å². The van der Waals surface area contributed by atoms with Crippen LogP contribution in [0.25, 0.3) is 0 Å². The van der Waals surface area contributed by atoms with E-state index in [0.29, 0.717) is 37.3 Å². The number of benzene rings is 1. The maximum absolute atomic E-state index is 14.2. The Balaban J connectivity index is 1.67. The number of methoxy groups -OCH3 is 1. The van der Waals surface area contributed by atoms with Crippen LogP contribution in [-0.2, 0) is 11.8 Å². The van der Waals surface area contributed by atoms with Gasteiger partial charge in [-0.2, -0.15) is 13.2 Å². The van der Waals surface area contributed by atoms with Gasteiger partial charge in [0.25, 0.3) is 0 Å². The summed E-state index contributed by atoms with van der Waals surface area (Å²) in [6.45, 7) is 7.90. The summed E-state index contributed by atoms with van der Waals surface area (Å²) >= 11 is 0. The van der Waals surface area contributed by atoms with Crippen molar-refractivity contribution in [1.82, 2.24) is 4.90 Å². The van der Waals surface area contributed by atoms with E-state index in [-0.39, 0.29) is 18.9 Å². The summed E-state index contributed by atoms with van der Waals surface area (Å²) in [6, 6.07) is 3.86. The highest BCUT2D eigenvalue weighted by Crippen LogP contribution is 2.80. The van der Waals surface area contributed by atoms with E-state index in [2.05, 4.69) is 11.5 Å². The molecule has 3 saturated carbocycles. The maximum Gasteiger partial charge on any atom is 0.417 e. The molecule has 2 spiro atoms. The second kappa shape index (κ2) is 6.31. The lowest BCUT2D eigenvalue weighted by Crippen LogP contribution is -2.87. The molecule has 0 unspecified atom stereocenters. The highest BCUT2D eigenvalue weighted by atomic mass is 19.4. The van der Waals surface area contributed by atoms with Gasteiger partial charge in [-0.05, 0) is 64.1 Å². The molecule has 1 aromatic rings. The molecule has 5 nitrogen and oxygen atoms in total. The Morgan fingerprint density at radius 2 is 2.03 bits per heavy atom. The molecule has 2 N–H and O–H groups in total. The topological polar surface area (TPSA) is 62.2 Å². The van der Waals surface area contributed by atoms with Gasteiger partial charge in [-0.3, -0.25) is 4.90 Å². The fourth-order valence-electron chi connectivity index (χ4n) is 9.19. The van der Waals surface area contributed by atoms with Gasteiger partial charge >= 0.3 is 6.18 Å². The van der Waals surface area contributed by atoms with Crippen LogP contribution in [0.1, 0.15) is 50.7 Å². The first-order chi connectivity index (χ1) is 15.8. The summed E-state index contributed by atoms with van der Waals surface area (Å²) < 4.78 is 55.0. The average molecular weight is 480 g/mol. The first-order valence-electron chi connectivity index (χ1n) is 12.1. The molecular weight excluding hydrogens is 447 g/mol. The first-order valence-corrected chi connectivity index (χ1v) is 12.1. The molecule has 8 heteroatoms. The largest absolute Gasteiger partial charge is 0.493 e. The third-order valence-corrected chi connectivity index (χ3v) is 10.6. The van der Waals surface area contributed by atoms with Crippen LogP contribution in [0.4, 0.5) is 13.2 Å². The van der Waals surface area contributed by atoms with Gasteiger partial charge in [0.05, 0.1) is 12.5 Å². The van der Waals surface area contributed by atoms with Crippen LogP contribution in [-0.4, -0.2) is 64.3 Å². The zero-order valence-corrected chi connectivity index (χ0v) is 19.8. The molecule has 6 aliphatic rings. The molecule has 2 heterocycles. The number of fused-ring (bicyclic) bond motifs is 2. The molecule has 7 atom stereocenters. The van der Waals surface area contributed by atoms with Gasteiger partial charge in [-0.1, -0.05) is 12.1 Å². The first kappa shape index (κ1) is 22.7. The second-order valence-electron chi connectivity index (χ2n) is 11.4. The number of aliphatic hydroxyl groups is 2. The molecule has 34 heavy (non-hydrogen) atoms. The number of hydrogen-bond acceptors (Lipinski definition) is 5. The zero-order valence-electron chi connectivity index (χ0n) is 19.8. The van der Waals surface area contributed by atoms with E-state index in [1.807, 2.05) is 18.2 Å². The van der Waals surface area contributed by atoms with E-state index in [9.17, 15) is 23.4 Å². The maximum atomic E-state index is 14.2. The smallest absolute Gasteiger partial charge is 0.417 e. The SMILES string of the molecule is C=CCN1CC[C@]23c4c5ccc(OC)c4O[C@]2(C)[C@@]2(O)CC[C@@]3(C[C@@H]2[C@@](C)(O)C(F)(F)F)[C@H]1C5. The number of piperidine rings is 1. The zero-order chi connectivity index (χ0) is 24.5. The normalized spacial score (nSPS) is 43.6. The summed E-state index contributed by atoms with van der Waals surface area (Å²) in [5.74, 6) is -0.331. The van der Waals surface area contributed by atoms with Crippen LogP contribution in [0.3, 0.4) is 0 Å². The molecule has 1 saturated heterocycles. The third-order valence-electron chi connectivity index (χ3n) is 10.6. The van der Waals surface area contributed by atoms with E-state index in [1.54, 1.807) is 14.0 Å². The van der Waals surface area contributed by atoms with Crippen LogP contribution in [0.5, 0.6) is 11.5 Å². The highest BCUT2D eigenvalue weighted by molar-refractivity contribution is 5.65. The predicted octanol–water partition coefficient (Wildman–Crippen LogP) is 3.75. The van der Waals surface area contributed by atoms with E-state index in [4.69, 9.17) is 9.47 Å². The molecule has 7 rings (SSSR count). The van der Waals surface area contributed by atoms with E-state index >= 15 is 0 Å². The van der Waals surface area contributed by atoms with Crippen LogP contribution < -0.4 is 9.47 Å². The number of rotatable bonds is 4. The van der Waals surface area contributed by atoms with Crippen molar-refractivity contribution in [3.63, 3.8) is 0 Å². The van der Waals surface area contributed by atoms with Crippen molar-refractivity contribution in [1.29, 1.82) is 0 Å². The van der Waals surface area contributed by atoms with Crippen molar-refractivity contribution in [2.45, 2.75) is 80.4 Å². The standard InChI is InChI=1S/C26H32F3NO4/c1-5-11-30-12-10-24-19-15-6-7-16(33-4)20(19)34-22(24,3)25(32)9-8-23(24,18(30)13-15)14-17(25)21(2,31)26(27,28)29/h5-7,17-18,31-32H,1,8-14H2,2-4H3/t17-,18-,21-,22+,23-,24+,25-/m1/s1. The molecule has 4 bridgehead atoms. The van der Waals surface area contributed by atoms with Crippen LogP contribution in [0, 0.1) is 11.3 Å². The minimum atomic E-state index is -4.88. The fourth-order valence-corrected chi connectivity index (χ4v) is 9.19. The Labute approximate surface area is 197 Å². The summed E-state index contributed by atoms with van der Waals surface area (Å²) in [4.78, 5) is 2.33. The second-order valence-corrected chi connectivity index (χ2v) is 11.4. The molecule has 0 aromatic heterocycles. The predicted molar refractivity (Wildman–Crippen MR) is 119 cm³/mol. The average Bonchev–Trinajstić information content (AvgIpc) is 3.05. The molecule has 186 valence electrons. The van der Waals surface area contributed by atoms with Crippen molar-refractivity contribution in [2.75, 3.05) is 20.2 Å². The van der Waals surface area contributed by atoms with Gasteiger partial charge < -0.3 is 19.7 Å². The number of halogens is 3. The van der Waals surface area contributed by atoms with Crippen molar-refractivity contribution >= 4 is 0 Å². The number of alkyl halides is 3. The Bertz CT molecular complexity index is 1090. The lowest BCUT2D eigenvalue weighted by atomic mass is 9.30. The van der Waals surface area contributed by atoms with Crippen LogP contribution >= 0.6 is 0 Å². The van der Waals surface area contributed by atoms with Crippen molar-refractivity contribution < 1.29 is 32.9 Å². The van der Waals surface area contributed by atoms with Gasteiger partial charge in [0.2, 0.25) is 0 Å². The quantitative estimate of drug-likeness (QED) is 0.645. The molecule has 4 fully saturated rings. The van der Waals surface area contributed by atoms with Crippen molar-refractivity contribution in [3.8, 4) is 11.5 Å². The Hall–Kier alpha value is -1.77. The molecule has 1 aromatic carbocycles. The minimum Gasteiger partial charge on any atom is -0.493 e. The molecule has 0 radical (unpaired) electrons.